The summed E-state index contributed by atoms with van der Waals surface area (Å²) < 4.78 is 5.75. The van der Waals surface area contributed by atoms with Crippen molar-refractivity contribution in [3.8, 4) is 5.75 Å². The summed E-state index contributed by atoms with van der Waals surface area (Å²) in [5.74, 6) is -0.0430. The third-order valence-electron chi connectivity index (χ3n) is 2.87. The van der Waals surface area contributed by atoms with Crippen LogP contribution in [-0.2, 0) is 12.8 Å². The largest absolute Gasteiger partial charge is 0.489 e. The number of carboxylic acid groups (broad SMARTS) is 1. The number of carboxylic acids is 1. The molecule has 3 nitrogen and oxygen atoms in total. The van der Waals surface area contributed by atoms with Gasteiger partial charge in [-0.25, -0.2) is 4.79 Å². The molecule has 0 atom stereocenters. The summed E-state index contributed by atoms with van der Waals surface area (Å²) in [7, 11) is 0. The lowest BCUT2D eigenvalue weighted by atomic mass is 9.98. The van der Waals surface area contributed by atoms with Crippen LogP contribution in [0.5, 0.6) is 5.75 Å². The Kier molecular flexibility index (Phi) is 6.13. The molecule has 0 bridgehead atoms. The molecule has 0 spiro atoms. The molecule has 0 saturated heterocycles. The maximum Gasteiger partial charge on any atom is 0.335 e. The van der Waals surface area contributed by atoms with Crippen LogP contribution in [0.15, 0.2) is 24.8 Å². The van der Waals surface area contributed by atoms with E-state index in [1.165, 1.54) is 0 Å². The van der Waals surface area contributed by atoms with Crippen molar-refractivity contribution in [2.24, 2.45) is 0 Å². The van der Waals surface area contributed by atoms with Crippen LogP contribution in [0.4, 0.5) is 0 Å². The van der Waals surface area contributed by atoms with E-state index in [0.717, 1.165) is 42.6 Å². The highest BCUT2D eigenvalue weighted by Crippen LogP contribution is 2.29. The van der Waals surface area contributed by atoms with Gasteiger partial charge in [0.1, 0.15) is 12.4 Å². The summed E-state index contributed by atoms with van der Waals surface area (Å²) in [4.78, 5) is 11.2. The van der Waals surface area contributed by atoms with Gasteiger partial charge < -0.3 is 9.84 Å². The standard InChI is InChI=1S/C16H22O3/c1-4-7-12-10-14(16(17)18)11-13(8-5-2)15(12)19-9-6-3/h6,10-11H,3-5,7-9H2,1-2H3,(H,17,18). The molecule has 0 radical (unpaired) electrons. The van der Waals surface area contributed by atoms with Gasteiger partial charge in [-0.1, -0.05) is 39.3 Å². The molecule has 0 saturated carbocycles. The molecule has 0 heterocycles. The maximum atomic E-state index is 11.2. The molecule has 1 aromatic carbocycles. The van der Waals surface area contributed by atoms with Crippen LogP contribution in [0.2, 0.25) is 0 Å². The lowest BCUT2D eigenvalue weighted by Gasteiger charge is -2.16. The summed E-state index contributed by atoms with van der Waals surface area (Å²) in [6, 6.07) is 3.45. The summed E-state index contributed by atoms with van der Waals surface area (Å²) in [5.41, 5.74) is 2.30. The Morgan fingerprint density at radius 2 is 1.79 bits per heavy atom. The van der Waals surface area contributed by atoms with Gasteiger partial charge in [-0.15, -0.1) is 0 Å². The Labute approximate surface area is 114 Å². The zero-order valence-electron chi connectivity index (χ0n) is 11.7. The average molecular weight is 262 g/mol. The number of hydrogen-bond donors (Lipinski definition) is 1. The van der Waals surface area contributed by atoms with Gasteiger partial charge in [-0.2, -0.15) is 0 Å². The normalized spacial score (nSPS) is 10.2. The second kappa shape index (κ2) is 7.62. The molecule has 0 amide bonds. The molecule has 0 unspecified atom stereocenters. The van der Waals surface area contributed by atoms with Crippen LogP contribution in [0.1, 0.15) is 48.2 Å². The highest BCUT2D eigenvalue weighted by molar-refractivity contribution is 5.88. The average Bonchev–Trinajstić information content (AvgIpc) is 2.38. The first kappa shape index (κ1) is 15.3. The predicted molar refractivity (Wildman–Crippen MR) is 77.1 cm³/mol. The van der Waals surface area contributed by atoms with Gasteiger partial charge >= 0.3 is 5.97 Å². The summed E-state index contributed by atoms with van der Waals surface area (Å²) >= 11 is 0. The monoisotopic (exact) mass is 262 g/mol. The fraction of sp³-hybridized carbons (Fsp3) is 0.438. The summed E-state index contributed by atoms with van der Waals surface area (Å²) in [5, 5.41) is 9.18. The number of aryl methyl sites for hydroxylation is 2. The summed E-state index contributed by atoms with van der Waals surface area (Å²) in [6.07, 6.45) is 5.27. The molecular formula is C16H22O3. The molecule has 0 aliphatic heterocycles. The number of aromatic carboxylic acids is 1. The van der Waals surface area contributed by atoms with E-state index in [9.17, 15) is 9.90 Å². The van der Waals surface area contributed by atoms with Gasteiger partial charge in [0.05, 0.1) is 5.56 Å². The van der Waals surface area contributed by atoms with Gasteiger partial charge in [-0.3, -0.25) is 0 Å². The van der Waals surface area contributed by atoms with Crippen molar-refractivity contribution in [1.82, 2.24) is 0 Å². The Morgan fingerprint density at radius 1 is 1.26 bits per heavy atom. The molecule has 0 aromatic heterocycles. The molecule has 0 aliphatic carbocycles. The molecule has 0 fully saturated rings. The SMILES string of the molecule is C=CCOc1c(CCC)cc(C(=O)O)cc1CCC. The van der Waals surface area contributed by atoms with Crippen LogP contribution in [0.3, 0.4) is 0 Å². The molecule has 1 aromatic rings. The second-order valence-electron chi connectivity index (χ2n) is 4.53. The van der Waals surface area contributed by atoms with E-state index < -0.39 is 5.97 Å². The van der Waals surface area contributed by atoms with Gasteiger partial charge in [0.2, 0.25) is 0 Å². The van der Waals surface area contributed by atoms with E-state index >= 15 is 0 Å². The van der Waals surface area contributed by atoms with Crippen LogP contribution in [0, 0.1) is 0 Å². The van der Waals surface area contributed by atoms with Crippen molar-refractivity contribution < 1.29 is 14.6 Å². The molecule has 1 rings (SSSR count). The first-order valence-corrected chi connectivity index (χ1v) is 6.76. The number of benzene rings is 1. The lowest BCUT2D eigenvalue weighted by Crippen LogP contribution is -2.06. The van der Waals surface area contributed by atoms with E-state index in [-0.39, 0.29) is 0 Å². The molecule has 0 aliphatic rings. The molecular weight excluding hydrogens is 240 g/mol. The Morgan fingerprint density at radius 3 is 2.16 bits per heavy atom. The van der Waals surface area contributed by atoms with Crippen molar-refractivity contribution in [3.05, 3.63) is 41.5 Å². The minimum absolute atomic E-state index is 0.345. The van der Waals surface area contributed by atoms with Crippen molar-refractivity contribution in [2.75, 3.05) is 6.61 Å². The van der Waals surface area contributed by atoms with Gasteiger partial charge in [0, 0.05) is 0 Å². The van der Waals surface area contributed by atoms with Crippen LogP contribution < -0.4 is 4.74 Å². The molecule has 104 valence electrons. The van der Waals surface area contributed by atoms with Gasteiger partial charge in [0.15, 0.2) is 0 Å². The van der Waals surface area contributed by atoms with E-state index in [0.29, 0.717) is 12.2 Å². The van der Waals surface area contributed by atoms with Gasteiger partial charge in [-0.05, 0) is 36.1 Å². The van der Waals surface area contributed by atoms with E-state index in [1.54, 1.807) is 18.2 Å². The van der Waals surface area contributed by atoms with Crippen molar-refractivity contribution in [1.29, 1.82) is 0 Å². The van der Waals surface area contributed by atoms with Crippen molar-refractivity contribution in [2.45, 2.75) is 39.5 Å². The quantitative estimate of drug-likeness (QED) is 0.724. The Bertz CT molecular complexity index is 422. The van der Waals surface area contributed by atoms with E-state index in [2.05, 4.69) is 20.4 Å². The number of ether oxygens (including phenoxy) is 1. The minimum atomic E-state index is -0.884. The van der Waals surface area contributed by atoms with E-state index in [4.69, 9.17) is 4.74 Å². The third kappa shape index (κ3) is 4.12. The first-order valence-electron chi connectivity index (χ1n) is 6.76. The fourth-order valence-electron chi connectivity index (χ4n) is 2.12. The zero-order valence-corrected chi connectivity index (χ0v) is 11.7. The number of carbonyl (C=O) groups is 1. The number of rotatable bonds is 8. The highest BCUT2D eigenvalue weighted by Gasteiger charge is 2.14. The van der Waals surface area contributed by atoms with Crippen LogP contribution in [-0.4, -0.2) is 17.7 Å². The molecule has 19 heavy (non-hydrogen) atoms. The smallest absolute Gasteiger partial charge is 0.335 e. The maximum absolute atomic E-state index is 11.2. The predicted octanol–water partition coefficient (Wildman–Crippen LogP) is 3.85. The fourth-order valence-corrected chi connectivity index (χ4v) is 2.12. The summed E-state index contributed by atoms with van der Waals surface area (Å²) in [6.45, 7) is 8.25. The van der Waals surface area contributed by atoms with E-state index in [1.807, 2.05) is 0 Å². The number of hydrogen-bond acceptors (Lipinski definition) is 2. The van der Waals surface area contributed by atoms with Gasteiger partial charge in [0.25, 0.3) is 0 Å². The molecule has 3 heteroatoms. The zero-order chi connectivity index (χ0) is 14.3. The van der Waals surface area contributed by atoms with Crippen LogP contribution >= 0.6 is 0 Å². The second-order valence-corrected chi connectivity index (χ2v) is 4.53. The van der Waals surface area contributed by atoms with Crippen LogP contribution in [0.25, 0.3) is 0 Å². The molecule has 1 N–H and O–H groups in total. The topological polar surface area (TPSA) is 46.5 Å². The first-order chi connectivity index (χ1) is 9.13. The Hall–Kier alpha value is -1.77. The lowest BCUT2D eigenvalue weighted by molar-refractivity contribution is 0.0696. The van der Waals surface area contributed by atoms with Crippen molar-refractivity contribution >= 4 is 5.97 Å². The minimum Gasteiger partial charge on any atom is -0.489 e. The highest BCUT2D eigenvalue weighted by atomic mass is 16.5. The Balaban J connectivity index is 3.27. The third-order valence-corrected chi connectivity index (χ3v) is 2.87. The van der Waals surface area contributed by atoms with Crippen molar-refractivity contribution in [3.63, 3.8) is 0 Å².